The highest BCUT2D eigenvalue weighted by Crippen LogP contribution is 2.49. The molecule has 0 amide bonds. The molecule has 1 aromatic rings. The van der Waals surface area contributed by atoms with Gasteiger partial charge in [-0.2, -0.15) is 0 Å². The van der Waals surface area contributed by atoms with E-state index in [-0.39, 0.29) is 29.4 Å². The van der Waals surface area contributed by atoms with E-state index in [0.29, 0.717) is 6.10 Å². The van der Waals surface area contributed by atoms with Gasteiger partial charge in [0.2, 0.25) is 0 Å². The number of ether oxygens (including phenoxy) is 1. The van der Waals surface area contributed by atoms with E-state index in [9.17, 15) is 0 Å². The lowest BCUT2D eigenvalue weighted by molar-refractivity contribution is 0.114. The van der Waals surface area contributed by atoms with E-state index in [0.717, 1.165) is 38.6 Å². The molecule has 1 aromatic carbocycles. The van der Waals surface area contributed by atoms with Crippen LogP contribution in [0.5, 0.6) is 0 Å². The fourth-order valence-corrected chi connectivity index (χ4v) is 3.42. The zero-order chi connectivity index (χ0) is 16.1. The molecule has 0 radical (unpaired) electrons. The van der Waals surface area contributed by atoms with Crippen molar-refractivity contribution in [1.82, 2.24) is 10.6 Å². The Balaban J connectivity index is 0.00000208. The quantitative estimate of drug-likeness (QED) is 0.403. The molecule has 5 heteroatoms. The maximum atomic E-state index is 5.68. The minimum Gasteiger partial charge on any atom is -0.376 e. The number of hydrogen-bond donors (Lipinski definition) is 2. The monoisotopic (exact) mass is 443 g/mol. The van der Waals surface area contributed by atoms with Gasteiger partial charge in [-0.15, -0.1) is 24.0 Å². The minimum atomic E-state index is 0. The maximum absolute atomic E-state index is 5.68. The van der Waals surface area contributed by atoms with E-state index in [1.54, 1.807) is 0 Å². The van der Waals surface area contributed by atoms with Crippen molar-refractivity contribution < 1.29 is 4.74 Å². The van der Waals surface area contributed by atoms with E-state index in [1.807, 2.05) is 0 Å². The van der Waals surface area contributed by atoms with Crippen LogP contribution >= 0.6 is 24.0 Å². The summed E-state index contributed by atoms with van der Waals surface area (Å²) in [5.41, 5.74) is 3.12. The normalized spacial score (nSPS) is 21.9. The smallest absolute Gasteiger partial charge is 0.191 e. The highest BCUT2D eigenvalue weighted by atomic mass is 127. The van der Waals surface area contributed by atoms with Gasteiger partial charge in [-0.3, -0.25) is 4.99 Å². The molecule has 1 heterocycles. The summed E-state index contributed by atoms with van der Waals surface area (Å²) in [7, 11) is 0. The highest BCUT2D eigenvalue weighted by molar-refractivity contribution is 14.0. The Morgan fingerprint density at radius 2 is 2.08 bits per heavy atom. The van der Waals surface area contributed by atoms with Crippen molar-refractivity contribution in [2.24, 2.45) is 4.99 Å². The number of rotatable bonds is 6. The van der Waals surface area contributed by atoms with Crippen LogP contribution in [0.15, 0.2) is 29.3 Å². The number of guanidine groups is 1. The SMILES string of the molecule is CCNC(=NCC1(c2ccccc2C)CC1)NCC1CCCO1.I. The standard InChI is InChI=1S/C19H29N3O.HI/c1-3-20-18(21-13-16-8-6-12-23-16)22-14-19(10-11-19)17-9-5-4-7-15(17)2;/h4-5,7,9,16H,3,6,8,10-14H2,1-2H3,(H2,20,21,22);1H. The average molecular weight is 443 g/mol. The van der Waals surface area contributed by atoms with Crippen LogP contribution in [0.3, 0.4) is 0 Å². The minimum absolute atomic E-state index is 0. The van der Waals surface area contributed by atoms with Gasteiger partial charge < -0.3 is 15.4 Å². The lowest BCUT2D eigenvalue weighted by atomic mass is 9.92. The summed E-state index contributed by atoms with van der Waals surface area (Å²) in [5.74, 6) is 0.919. The Kier molecular flexibility index (Phi) is 7.34. The van der Waals surface area contributed by atoms with Gasteiger partial charge in [0.1, 0.15) is 0 Å². The second kappa shape index (κ2) is 9.04. The first-order chi connectivity index (χ1) is 11.2. The number of nitrogens with zero attached hydrogens (tertiary/aromatic N) is 1. The molecule has 1 unspecified atom stereocenters. The molecule has 0 bridgehead atoms. The molecule has 1 aliphatic carbocycles. The molecular weight excluding hydrogens is 413 g/mol. The van der Waals surface area contributed by atoms with Gasteiger partial charge in [-0.05, 0) is 50.7 Å². The van der Waals surface area contributed by atoms with E-state index < -0.39 is 0 Å². The molecule has 24 heavy (non-hydrogen) atoms. The topological polar surface area (TPSA) is 45.7 Å². The molecular formula is C19H30IN3O. The first-order valence-electron chi connectivity index (χ1n) is 8.93. The summed E-state index contributed by atoms with van der Waals surface area (Å²) in [4.78, 5) is 4.86. The molecule has 3 rings (SSSR count). The molecule has 134 valence electrons. The van der Waals surface area contributed by atoms with Crippen LogP contribution < -0.4 is 10.6 Å². The molecule has 1 saturated carbocycles. The van der Waals surface area contributed by atoms with Crippen molar-refractivity contribution in [1.29, 1.82) is 0 Å². The Morgan fingerprint density at radius 3 is 2.71 bits per heavy atom. The van der Waals surface area contributed by atoms with Crippen molar-refractivity contribution >= 4 is 29.9 Å². The zero-order valence-electron chi connectivity index (χ0n) is 14.8. The average Bonchev–Trinajstić information content (AvgIpc) is 3.16. The van der Waals surface area contributed by atoms with Crippen molar-refractivity contribution in [2.75, 3.05) is 26.2 Å². The number of benzene rings is 1. The third-order valence-corrected chi connectivity index (χ3v) is 4.98. The zero-order valence-corrected chi connectivity index (χ0v) is 17.1. The predicted molar refractivity (Wildman–Crippen MR) is 110 cm³/mol. The first-order valence-corrected chi connectivity index (χ1v) is 8.93. The summed E-state index contributed by atoms with van der Waals surface area (Å²) >= 11 is 0. The van der Waals surface area contributed by atoms with Crippen molar-refractivity contribution in [2.45, 2.75) is 51.0 Å². The predicted octanol–water partition coefficient (Wildman–Crippen LogP) is 3.38. The molecule has 2 aliphatic rings. The van der Waals surface area contributed by atoms with E-state index in [1.165, 1.54) is 30.4 Å². The van der Waals surface area contributed by atoms with Crippen LogP contribution in [-0.4, -0.2) is 38.3 Å². The van der Waals surface area contributed by atoms with Gasteiger partial charge in [-0.25, -0.2) is 0 Å². The van der Waals surface area contributed by atoms with Crippen molar-refractivity contribution in [3.63, 3.8) is 0 Å². The Bertz CT molecular complexity index is 551. The number of hydrogen-bond acceptors (Lipinski definition) is 2. The first kappa shape index (κ1) is 19.5. The molecule has 0 aromatic heterocycles. The summed E-state index contributed by atoms with van der Waals surface area (Å²) in [6.07, 6.45) is 5.15. The van der Waals surface area contributed by atoms with E-state index in [4.69, 9.17) is 9.73 Å². The third-order valence-electron chi connectivity index (χ3n) is 4.98. The van der Waals surface area contributed by atoms with Crippen molar-refractivity contribution in [3.05, 3.63) is 35.4 Å². The Labute approximate surface area is 162 Å². The molecule has 2 N–H and O–H groups in total. The fourth-order valence-electron chi connectivity index (χ4n) is 3.42. The second-order valence-electron chi connectivity index (χ2n) is 6.81. The fraction of sp³-hybridized carbons (Fsp3) is 0.632. The molecule has 2 fully saturated rings. The van der Waals surface area contributed by atoms with Crippen LogP contribution in [0, 0.1) is 6.92 Å². The molecule has 1 aliphatic heterocycles. The molecule has 1 saturated heterocycles. The van der Waals surface area contributed by atoms with E-state index in [2.05, 4.69) is 48.7 Å². The lowest BCUT2D eigenvalue weighted by Gasteiger charge is -2.18. The Hall–Kier alpha value is -0.820. The Morgan fingerprint density at radius 1 is 1.29 bits per heavy atom. The van der Waals surface area contributed by atoms with Crippen LogP contribution in [0.4, 0.5) is 0 Å². The second-order valence-corrected chi connectivity index (χ2v) is 6.81. The van der Waals surface area contributed by atoms with Crippen molar-refractivity contribution in [3.8, 4) is 0 Å². The molecule has 0 spiro atoms. The van der Waals surface area contributed by atoms with Gasteiger partial charge in [0, 0.05) is 25.1 Å². The van der Waals surface area contributed by atoms with Crippen LogP contribution in [0.25, 0.3) is 0 Å². The van der Waals surface area contributed by atoms with Crippen LogP contribution in [0.2, 0.25) is 0 Å². The van der Waals surface area contributed by atoms with Crippen LogP contribution in [0.1, 0.15) is 43.7 Å². The van der Waals surface area contributed by atoms with E-state index >= 15 is 0 Å². The lowest BCUT2D eigenvalue weighted by Crippen LogP contribution is -2.41. The largest absolute Gasteiger partial charge is 0.376 e. The van der Waals surface area contributed by atoms with Gasteiger partial charge >= 0.3 is 0 Å². The van der Waals surface area contributed by atoms with Gasteiger partial charge in [0.05, 0.1) is 12.6 Å². The maximum Gasteiger partial charge on any atom is 0.191 e. The van der Waals surface area contributed by atoms with Gasteiger partial charge in [0.15, 0.2) is 5.96 Å². The van der Waals surface area contributed by atoms with Crippen LogP contribution in [-0.2, 0) is 10.2 Å². The number of aliphatic imine (C=N–C) groups is 1. The molecule has 1 atom stereocenters. The summed E-state index contributed by atoms with van der Waals surface area (Å²) in [6, 6.07) is 8.74. The van der Waals surface area contributed by atoms with Gasteiger partial charge in [-0.1, -0.05) is 24.3 Å². The van der Waals surface area contributed by atoms with Gasteiger partial charge in [0.25, 0.3) is 0 Å². The number of nitrogens with one attached hydrogen (secondary N) is 2. The number of halogens is 1. The summed E-state index contributed by atoms with van der Waals surface area (Å²) in [5, 5.41) is 6.80. The summed E-state index contributed by atoms with van der Waals surface area (Å²) < 4.78 is 5.68. The highest BCUT2D eigenvalue weighted by Gasteiger charge is 2.44. The number of aryl methyl sites for hydroxylation is 1. The third kappa shape index (κ3) is 4.85. The molecule has 4 nitrogen and oxygen atoms in total. The summed E-state index contributed by atoms with van der Waals surface area (Å²) in [6.45, 7) is 7.81.